The first kappa shape index (κ1) is 11.5. The maximum atomic E-state index is 9.63. The van der Waals surface area contributed by atoms with Gasteiger partial charge in [-0.15, -0.1) is 0 Å². The lowest BCUT2D eigenvalue weighted by Gasteiger charge is -2.16. The molecule has 15 heavy (non-hydrogen) atoms. The second kappa shape index (κ2) is 6.04. The van der Waals surface area contributed by atoms with Gasteiger partial charge in [0.05, 0.1) is 13.1 Å². The standard InChI is InChI=1S/C13H17NO/c1-3-9-14(10-4-2)11-12-7-5-6-8-13(12)15/h3-8,15H,1-2,9-11H2/p+1. The Hall–Kier alpha value is -1.54. The zero-order chi connectivity index (χ0) is 11.1. The van der Waals surface area contributed by atoms with E-state index in [9.17, 15) is 5.11 Å². The zero-order valence-corrected chi connectivity index (χ0v) is 8.95. The summed E-state index contributed by atoms with van der Waals surface area (Å²) in [5, 5.41) is 9.63. The van der Waals surface area contributed by atoms with Crippen LogP contribution in [0.5, 0.6) is 5.75 Å². The van der Waals surface area contributed by atoms with Gasteiger partial charge in [0.25, 0.3) is 0 Å². The predicted molar refractivity (Wildman–Crippen MR) is 62.9 cm³/mol. The maximum absolute atomic E-state index is 9.63. The van der Waals surface area contributed by atoms with Crippen LogP contribution in [0, 0.1) is 0 Å². The summed E-state index contributed by atoms with van der Waals surface area (Å²) in [7, 11) is 0. The van der Waals surface area contributed by atoms with Crippen LogP contribution in [0.1, 0.15) is 5.56 Å². The van der Waals surface area contributed by atoms with E-state index in [0.29, 0.717) is 5.75 Å². The van der Waals surface area contributed by atoms with Crippen molar-refractivity contribution in [2.45, 2.75) is 6.54 Å². The van der Waals surface area contributed by atoms with Gasteiger partial charge in [-0.1, -0.05) is 25.3 Å². The number of quaternary nitrogens is 1. The number of phenolic OH excluding ortho intramolecular Hbond substituents is 1. The molecule has 0 amide bonds. The highest BCUT2D eigenvalue weighted by Gasteiger charge is 2.08. The number of para-hydroxylation sites is 1. The van der Waals surface area contributed by atoms with Crippen molar-refractivity contribution in [3.05, 3.63) is 55.1 Å². The van der Waals surface area contributed by atoms with Gasteiger partial charge in [0.1, 0.15) is 12.3 Å². The van der Waals surface area contributed by atoms with E-state index in [4.69, 9.17) is 0 Å². The molecule has 0 fully saturated rings. The monoisotopic (exact) mass is 204 g/mol. The Balaban J connectivity index is 2.68. The van der Waals surface area contributed by atoms with E-state index in [1.54, 1.807) is 6.07 Å². The molecule has 2 nitrogen and oxygen atoms in total. The van der Waals surface area contributed by atoms with E-state index in [-0.39, 0.29) is 0 Å². The molecule has 0 unspecified atom stereocenters. The molecule has 1 aromatic rings. The van der Waals surface area contributed by atoms with E-state index in [1.165, 1.54) is 4.90 Å². The van der Waals surface area contributed by atoms with Crippen LogP contribution in [0.15, 0.2) is 49.6 Å². The minimum absolute atomic E-state index is 0.364. The zero-order valence-electron chi connectivity index (χ0n) is 8.95. The molecule has 1 rings (SSSR count). The first-order valence-corrected chi connectivity index (χ1v) is 5.10. The molecule has 0 saturated carbocycles. The highest BCUT2D eigenvalue weighted by molar-refractivity contribution is 5.30. The van der Waals surface area contributed by atoms with Gasteiger partial charge in [-0.25, -0.2) is 0 Å². The van der Waals surface area contributed by atoms with E-state index in [2.05, 4.69) is 13.2 Å². The number of hydrogen-bond acceptors (Lipinski definition) is 1. The van der Waals surface area contributed by atoms with Crippen molar-refractivity contribution in [2.24, 2.45) is 0 Å². The van der Waals surface area contributed by atoms with Crippen LogP contribution in [0.3, 0.4) is 0 Å². The third-order valence-electron chi connectivity index (χ3n) is 2.30. The quantitative estimate of drug-likeness (QED) is 0.668. The normalized spacial score (nSPS) is 10.2. The van der Waals surface area contributed by atoms with E-state index >= 15 is 0 Å². The fraction of sp³-hybridized carbons (Fsp3) is 0.231. The number of aromatic hydroxyl groups is 1. The minimum Gasteiger partial charge on any atom is -0.507 e. The third kappa shape index (κ3) is 3.60. The van der Waals surface area contributed by atoms with E-state index in [1.807, 2.05) is 30.4 Å². The Bertz CT molecular complexity index is 323. The number of benzene rings is 1. The van der Waals surface area contributed by atoms with Crippen LogP contribution < -0.4 is 4.90 Å². The Labute approximate surface area is 91.2 Å². The smallest absolute Gasteiger partial charge is 0.124 e. The van der Waals surface area contributed by atoms with Gasteiger partial charge in [-0.2, -0.15) is 0 Å². The maximum Gasteiger partial charge on any atom is 0.124 e. The van der Waals surface area contributed by atoms with Gasteiger partial charge in [0.2, 0.25) is 0 Å². The third-order valence-corrected chi connectivity index (χ3v) is 2.30. The molecular formula is C13H18NO+. The second-order valence-electron chi connectivity index (χ2n) is 3.54. The predicted octanol–water partition coefficient (Wildman–Crippen LogP) is 1.15. The number of phenols is 1. The fourth-order valence-corrected chi connectivity index (χ4v) is 1.57. The summed E-state index contributed by atoms with van der Waals surface area (Å²) in [5.41, 5.74) is 0.969. The van der Waals surface area contributed by atoms with Crippen LogP contribution in [0.4, 0.5) is 0 Å². The SMILES string of the molecule is C=CC[NH+](CC=C)Cc1ccccc1O. The summed E-state index contributed by atoms with van der Waals surface area (Å²) >= 11 is 0. The van der Waals surface area contributed by atoms with E-state index < -0.39 is 0 Å². The fourth-order valence-electron chi connectivity index (χ4n) is 1.57. The van der Waals surface area contributed by atoms with Crippen LogP contribution in [-0.2, 0) is 6.54 Å². The topological polar surface area (TPSA) is 24.7 Å². The first-order valence-electron chi connectivity index (χ1n) is 5.10. The van der Waals surface area contributed by atoms with Gasteiger partial charge in [-0.3, -0.25) is 0 Å². The molecule has 0 aromatic heterocycles. The van der Waals surface area contributed by atoms with E-state index in [0.717, 1.165) is 25.2 Å². The van der Waals surface area contributed by atoms with Crippen molar-refractivity contribution in [3.63, 3.8) is 0 Å². The number of hydrogen-bond donors (Lipinski definition) is 2. The number of nitrogens with one attached hydrogen (secondary N) is 1. The van der Waals surface area contributed by atoms with Crippen molar-refractivity contribution in [1.29, 1.82) is 0 Å². The molecule has 0 aliphatic carbocycles. The Morgan fingerprint density at radius 2 is 1.73 bits per heavy atom. The molecule has 0 spiro atoms. The van der Waals surface area contributed by atoms with Crippen molar-refractivity contribution in [1.82, 2.24) is 0 Å². The van der Waals surface area contributed by atoms with Crippen molar-refractivity contribution in [3.8, 4) is 5.75 Å². The summed E-state index contributed by atoms with van der Waals surface area (Å²) < 4.78 is 0. The second-order valence-corrected chi connectivity index (χ2v) is 3.54. The molecule has 0 heterocycles. The number of rotatable bonds is 6. The lowest BCUT2D eigenvalue weighted by atomic mass is 10.2. The molecule has 0 saturated heterocycles. The minimum atomic E-state index is 0.364. The average molecular weight is 204 g/mol. The van der Waals surface area contributed by atoms with Crippen LogP contribution in [0.2, 0.25) is 0 Å². The highest BCUT2D eigenvalue weighted by Crippen LogP contribution is 2.13. The molecule has 0 aliphatic rings. The molecule has 2 heteroatoms. The molecular weight excluding hydrogens is 186 g/mol. The van der Waals surface area contributed by atoms with Crippen molar-refractivity contribution >= 4 is 0 Å². The summed E-state index contributed by atoms with van der Waals surface area (Å²) in [5.74, 6) is 0.364. The summed E-state index contributed by atoms with van der Waals surface area (Å²) in [4.78, 5) is 1.32. The lowest BCUT2D eigenvalue weighted by molar-refractivity contribution is -0.902. The van der Waals surface area contributed by atoms with Crippen LogP contribution >= 0.6 is 0 Å². The molecule has 1 aromatic carbocycles. The van der Waals surface area contributed by atoms with Crippen LogP contribution in [-0.4, -0.2) is 18.2 Å². The molecule has 80 valence electrons. The van der Waals surface area contributed by atoms with Crippen LogP contribution in [0.25, 0.3) is 0 Å². The highest BCUT2D eigenvalue weighted by atomic mass is 16.3. The lowest BCUT2D eigenvalue weighted by Crippen LogP contribution is -3.10. The Morgan fingerprint density at radius 1 is 1.13 bits per heavy atom. The van der Waals surface area contributed by atoms with Crippen molar-refractivity contribution < 1.29 is 10.0 Å². The summed E-state index contributed by atoms with van der Waals surface area (Å²) in [6, 6.07) is 7.43. The summed E-state index contributed by atoms with van der Waals surface area (Å²) in [6.45, 7) is 10.0. The molecule has 0 bridgehead atoms. The van der Waals surface area contributed by atoms with Gasteiger partial charge < -0.3 is 10.0 Å². The molecule has 0 radical (unpaired) electrons. The van der Waals surface area contributed by atoms with Gasteiger partial charge in [0.15, 0.2) is 0 Å². The molecule has 2 N–H and O–H groups in total. The molecule has 0 aliphatic heterocycles. The van der Waals surface area contributed by atoms with Gasteiger partial charge in [-0.05, 0) is 24.3 Å². The summed E-state index contributed by atoms with van der Waals surface area (Å²) in [6.07, 6.45) is 3.78. The molecule has 0 atom stereocenters. The Morgan fingerprint density at radius 3 is 2.27 bits per heavy atom. The van der Waals surface area contributed by atoms with Gasteiger partial charge in [0, 0.05) is 5.56 Å². The van der Waals surface area contributed by atoms with Gasteiger partial charge >= 0.3 is 0 Å². The Kier molecular flexibility index (Phi) is 4.64. The first-order chi connectivity index (χ1) is 7.27. The van der Waals surface area contributed by atoms with Crippen molar-refractivity contribution in [2.75, 3.05) is 13.1 Å². The largest absolute Gasteiger partial charge is 0.507 e. The average Bonchev–Trinajstić information content (AvgIpc) is 2.22.